The summed E-state index contributed by atoms with van der Waals surface area (Å²) in [6, 6.07) is 19.9. The molecule has 2 unspecified atom stereocenters. The molecular weight excluding hydrogens is 895 g/mol. The Balaban J connectivity index is 0.00000422. The number of methoxy groups -OCH3 is 2. The van der Waals surface area contributed by atoms with Gasteiger partial charge in [0.2, 0.25) is 0 Å². The average Bonchev–Trinajstić information content (AvgIpc) is 3.66. The minimum absolute atomic E-state index is 0. The van der Waals surface area contributed by atoms with E-state index in [0.717, 1.165) is 11.5 Å². The van der Waals surface area contributed by atoms with Crippen molar-refractivity contribution in [3.63, 3.8) is 0 Å². The molecule has 0 radical (unpaired) electrons. The van der Waals surface area contributed by atoms with Crippen LogP contribution >= 0.6 is 0 Å². The first-order valence-corrected chi connectivity index (χ1v) is 31.8. The second-order valence-corrected chi connectivity index (χ2v) is 39.5. The predicted octanol–water partition coefficient (Wildman–Crippen LogP) is 10.6. The standard InChI is InChI=1S/2C27H35O.C2H6Si.2ClH.Zr/c2*1-16(2)19-12-20(17(3)4)14-22(13-19)25-23-11-18(5)10-21(23)15-24(26(25)28-9)27(6,7)8;1-3-2;;;/h2*10-17H,1-9H3;1-2H3;2*1H;/q;;;;;+2/p-2. The largest absolute Gasteiger partial charge is 1.00 e. The monoisotopic (exact) mass is 968 g/mol. The number of fused-ring (bicyclic) bond motifs is 2. The van der Waals surface area contributed by atoms with Crippen LogP contribution in [0.25, 0.3) is 34.4 Å². The maximum Gasteiger partial charge on any atom is -1.00 e. The van der Waals surface area contributed by atoms with Gasteiger partial charge in [0, 0.05) is 0 Å². The van der Waals surface area contributed by atoms with Gasteiger partial charge in [-0.05, 0) is 0 Å². The first kappa shape index (κ1) is 52.3. The molecule has 0 aromatic heterocycles. The summed E-state index contributed by atoms with van der Waals surface area (Å²) in [5.41, 5.74) is 21.6. The van der Waals surface area contributed by atoms with Crippen LogP contribution < -0.4 is 34.3 Å². The van der Waals surface area contributed by atoms with Gasteiger partial charge >= 0.3 is 376 Å². The van der Waals surface area contributed by atoms with Gasteiger partial charge in [0.15, 0.2) is 0 Å². The van der Waals surface area contributed by atoms with Crippen LogP contribution in [0.2, 0.25) is 13.1 Å². The van der Waals surface area contributed by atoms with Crippen LogP contribution in [0.5, 0.6) is 11.5 Å². The van der Waals surface area contributed by atoms with E-state index >= 15 is 0 Å². The normalized spacial score (nSPS) is 15.8. The number of ether oxygens (including phenoxy) is 2. The van der Waals surface area contributed by atoms with Crippen molar-refractivity contribution in [3.8, 4) is 33.8 Å². The third kappa shape index (κ3) is 9.76. The second-order valence-electron chi connectivity index (χ2n) is 21.7. The van der Waals surface area contributed by atoms with Gasteiger partial charge in [-0.2, -0.15) is 0 Å². The molecular formula is C56H76Cl2O2SiZr. The first-order chi connectivity index (χ1) is 27.9. The van der Waals surface area contributed by atoms with E-state index in [1.54, 1.807) is 22.3 Å². The Hall–Kier alpha value is -2.36. The molecule has 6 rings (SSSR count). The summed E-state index contributed by atoms with van der Waals surface area (Å²) in [4.78, 5) is 0. The first-order valence-electron chi connectivity index (χ1n) is 22.8. The molecule has 334 valence electrons. The van der Waals surface area contributed by atoms with E-state index in [1.807, 2.05) is 14.2 Å². The SMILES string of the molecule is COc1c(C(C)(C)C)cc2c(c1-c1cc(C(C)C)cc(C(C)C)c1)C=C(C)[CH]2[Zr+2]([CH]1C(C)=Cc2c1cc(C(C)(C)C)c(OC)c2-c1cc(C(C)C)cc(C(C)C)c1)=[Si](C)C.[Cl-].[Cl-]. The van der Waals surface area contributed by atoms with E-state index < -0.39 is 25.8 Å². The number of hydrogen-bond donors (Lipinski definition) is 0. The van der Waals surface area contributed by atoms with Crippen LogP contribution in [-0.4, -0.2) is 19.7 Å². The predicted molar refractivity (Wildman–Crippen MR) is 261 cm³/mol. The smallest absolute Gasteiger partial charge is 1.00 e. The van der Waals surface area contributed by atoms with E-state index in [0.29, 0.717) is 30.9 Å². The van der Waals surface area contributed by atoms with E-state index in [2.05, 4.69) is 185 Å². The van der Waals surface area contributed by atoms with Crippen molar-refractivity contribution in [2.45, 2.75) is 166 Å². The minimum atomic E-state index is -2.51. The molecule has 2 aliphatic rings. The van der Waals surface area contributed by atoms with Crippen LogP contribution in [0.1, 0.15) is 197 Å². The third-order valence-corrected chi connectivity index (χ3v) is 33.3. The fourth-order valence-corrected chi connectivity index (χ4v) is 30.6. The summed E-state index contributed by atoms with van der Waals surface area (Å²) in [5.74, 6) is 3.83. The molecule has 0 aliphatic heterocycles. The number of rotatable bonds is 10. The van der Waals surface area contributed by atoms with Crippen molar-refractivity contribution in [3.05, 3.63) is 115 Å². The van der Waals surface area contributed by atoms with Crippen molar-refractivity contribution in [2.24, 2.45) is 0 Å². The molecule has 0 saturated heterocycles. The summed E-state index contributed by atoms with van der Waals surface area (Å²) in [6.07, 6.45) is 5.18. The molecule has 2 atom stereocenters. The Labute approximate surface area is 398 Å². The molecule has 4 aromatic rings. The molecule has 0 fully saturated rings. The van der Waals surface area contributed by atoms with E-state index in [1.165, 1.54) is 66.8 Å². The maximum absolute atomic E-state index is 6.57. The Morgan fingerprint density at radius 3 is 1.02 bits per heavy atom. The van der Waals surface area contributed by atoms with Gasteiger partial charge in [-0.1, -0.05) is 0 Å². The Kier molecular flexibility index (Phi) is 16.5. The number of allylic oxidation sites excluding steroid dienone is 2. The summed E-state index contributed by atoms with van der Waals surface area (Å²) in [6.45, 7) is 43.1. The summed E-state index contributed by atoms with van der Waals surface area (Å²) in [5, 5.41) is 0. The van der Waals surface area contributed by atoms with Gasteiger partial charge in [-0.3, -0.25) is 0 Å². The Morgan fingerprint density at radius 2 is 0.790 bits per heavy atom. The van der Waals surface area contributed by atoms with E-state index in [-0.39, 0.29) is 35.6 Å². The van der Waals surface area contributed by atoms with E-state index in [4.69, 9.17) is 9.47 Å². The molecule has 2 aliphatic carbocycles. The Bertz CT molecular complexity index is 2210. The van der Waals surface area contributed by atoms with Crippen LogP contribution in [-0.2, 0) is 31.2 Å². The summed E-state index contributed by atoms with van der Waals surface area (Å²) < 4.78 is 14.1. The fourth-order valence-electron chi connectivity index (χ4n) is 9.96. The molecule has 0 bridgehead atoms. The fraction of sp³-hybridized carbons (Fsp3) is 0.500. The quantitative estimate of drug-likeness (QED) is 0.148. The molecule has 62 heavy (non-hydrogen) atoms. The minimum Gasteiger partial charge on any atom is -1.00 e. The van der Waals surface area contributed by atoms with Crippen LogP contribution in [0.3, 0.4) is 0 Å². The molecule has 0 spiro atoms. The number of benzene rings is 4. The molecule has 6 heteroatoms. The van der Waals surface area contributed by atoms with Crippen molar-refractivity contribution in [1.29, 1.82) is 0 Å². The average molecular weight is 971 g/mol. The molecule has 0 heterocycles. The molecule has 0 N–H and O–H groups in total. The van der Waals surface area contributed by atoms with Crippen molar-refractivity contribution in [2.75, 3.05) is 14.2 Å². The van der Waals surface area contributed by atoms with Gasteiger partial charge in [-0.15, -0.1) is 0 Å². The molecule has 2 nitrogen and oxygen atoms in total. The van der Waals surface area contributed by atoms with Crippen molar-refractivity contribution in [1.82, 2.24) is 0 Å². The van der Waals surface area contributed by atoms with Crippen molar-refractivity contribution >= 4 is 17.6 Å². The second kappa shape index (κ2) is 19.6. The van der Waals surface area contributed by atoms with Gasteiger partial charge in [0.1, 0.15) is 0 Å². The van der Waals surface area contributed by atoms with Crippen LogP contribution in [0.4, 0.5) is 0 Å². The molecule has 0 amide bonds. The van der Waals surface area contributed by atoms with Gasteiger partial charge in [-0.25, -0.2) is 0 Å². The van der Waals surface area contributed by atoms with Gasteiger partial charge in [0.05, 0.1) is 0 Å². The van der Waals surface area contributed by atoms with Gasteiger partial charge < -0.3 is 24.8 Å². The zero-order valence-corrected chi connectivity index (χ0v) is 46.8. The van der Waals surface area contributed by atoms with Crippen LogP contribution in [0, 0.1) is 0 Å². The maximum atomic E-state index is 6.57. The number of hydrogen-bond acceptors (Lipinski definition) is 2. The van der Waals surface area contributed by atoms with Crippen LogP contribution in [0.15, 0.2) is 59.7 Å². The summed E-state index contributed by atoms with van der Waals surface area (Å²) >= 11 is -2.51. The van der Waals surface area contributed by atoms with Gasteiger partial charge in [0.25, 0.3) is 0 Å². The topological polar surface area (TPSA) is 18.5 Å². The summed E-state index contributed by atoms with van der Waals surface area (Å²) in [7, 11) is 3.78. The van der Waals surface area contributed by atoms with E-state index in [9.17, 15) is 0 Å². The number of halogens is 2. The molecule has 0 saturated carbocycles. The van der Waals surface area contributed by atoms with Crippen molar-refractivity contribution < 1.29 is 54.7 Å². The third-order valence-electron chi connectivity index (χ3n) is 13.4. The molecule has 4 aromatic carbocycles. The zero-order valence-electron chi connectivity index (χ0n) is 41.8. The zero-order chi connectivity index (χ0) is 44.5. The Morgan fingerprint density at radius 1 is 0.500 bits per heavy atom.